The molecule has 2 aliphatic heterocycles. The van der Waals surface area contributed by atoms with Crippen LogP contribution in [-0.4, -0.2) is 43.3 Å². The van der Waals surface area contributed by atoms with Crippen LogP contribution < -0.4 is 0 Å². The Balaban J connectivity index is 1.87. The number of carbonyl (C=O) groups is 1. The monoisotopic (exact) mass is 330 g/mol. The number of alkyl halides is 1. The SMILES string of the molecule is COC(=O)C1C(c2ccc(C)cc2)CC2CCC1N2C/C=C/C[18F]. The number of carbonyl (C=O) groups excluding carboxylic acids is 1. The first kappa shape index (κ1) is 17.2. The molecule has 0 aromatic heterocycles. The van der Waals surface area contributed by atoms with Crippen LogP contribution in [0.4, 0.5) is 4.39 Å². The zero-order valence-electron chi connectivity index (χ0n) is 14.5. The van der Waals surface area contributed by atoms with Crippen LogP contribution in [0.2, 0.25) is 0 Å². The molecule has 4 atom stereocenters. The van der Waals surface area contributed by atoms with Crippen LogP contribution in [0.25, 0.3) is 0 Å². The summed E-state index contributed by atoms with van der Waals surface area (Å²) in [5, 5.41) is 0. The van der Waals surface area contributed by atoms with Gasteiger partial charge >= 0.3 is 5.97 Å². The highest BCUT2D eigenvalue weighted by Crippen LogP contribution is 2.47. The molecule has 0 N–H and O–H groups in total. The summed E-state index contributed by atoms with van der Waals surface area (Å²) in [6, 6.07) is 9.17. The molecule has 130 valence electrons. The van der Waals surface area contributed by atoms with E-state index in [0.717, 1.165) is 19.3 Å². The van der Waals surface area contributed by atoms with Crippen molar-refractivity contribution in [2.75, 3.05) is 20.3 Å². The lowest BCUT2D eigenvalue weighted by Gasteiger charge is -2.43. The van der Waals surface area contributed by atoms with Crippen LogP contribution in [0, 0.1) is 12.8 Å². The third-order valence-electron chi connectivity index (χ3n) is 5.62. The van der Waals surface area contributed by atoms with Gasteiger partial charge in [-0.05, 0) is 31.7 Å². The van der Waals surface area contributed by atoms with Crippen molar-refractivity contribution in [3.63, 3.8) is 0 Å². The van der Waals surface area contributed by atoms with Crippen molar-refractivity contribution in [3.05, 3.63) is 47.5 Å². The standard InChI is InChI=1S/C20H26FNO2/c1-14-5-7-15(8-6-14)17-13-16-9-10-18(19(17)20(23)24-2)22(16)12-4-3-11-21/h3-8,16-19H,9-13H2,1-2H3/b4-3+/i21-1. The van der Waals surface area contributed by atoms with E-state index in [1.165, 1.54) is 18.2 Å². The maximum Gasteiger partial charge on any atom is 0.310 e. The molecule has 2 heterocycles. The van der Waals surface area contributed by atoms with Gasteiger partial charge in [0.05, 0.1) is 13.0 Å². The predicted molar refractivity (Wildman–Crippen MR) is 92.7 cm³/mol. The van der Waals surface area contributed by atoms with E-state index in [2.05, 4.69) is 36.1 Å². The Hall–Kier alpha value is -1.68. The number of piperidine rings is 1. The second kappa shape index (κ2) is 7.47. The highest BCUT2D eigenvalue weighted by Gasteiger charge is 2.50. The predicted octanol–water partition coefficient (Wildman–Crippen LogP) is 3.63. The molecule has 0 spiro atoms. The summed E-state index contributed by atoms with van der Waals surface area (Å²) in [7, 11) is 1.48. The Morgan fingerprint density at radius 3 is 2.71 bits per heavy atom. The molecule has 2 bridgehead atoms. The maximum atomic E-state index is 12.6. The fourth-order valence-electron chi connectivity index (χ4n) is 4.47. The molecule has 3 rings (SSSR count). The van der Waals surface area contributed by atoms with E-state index in [-0.39, 0.29) is 23.8 Å². The van der Waals surface area contributed by atoms with E-state index in [1.807, 2.05) is 6.08 Å². The first-order valence-corrected chi connectivity index (χ1v) is 8.76. The Morgan fingerprint density at radius 1 is 1.29 bits per heavy atom. The average Bonchev–Trinajstić information content (AvgIpc) is 2.87. The highest BCUT2D eigenvalue weighted by atomic mass is 18.2. The number of aryl methyl sites for hydroxylation is 1. The summed E-state index contributed by atoms with van der Waals surface area (Å²) in [4.78, 5) is 14.9. The van der Waals surface area contributed by atoms with Crippen molar-refractivity contribution >= 4 is 5.97 Å². The fourth-order valence-corrected chi connectivity index (χ4v) is 4.47. The van der Waals surface area contributed by atoms with E-state index in [0.29, 0.717) is 12.6 Å². The van der Waals surface area contributed by atoms with Gasteiger partial charge in [-0.3, -0.25) is 9.69 Å². The van der Waals surface area contributed by atoms with Crippen molar-refractivity contribution in [2.24, 2.45) is 5.92 Å². The van der Waals surface area contributed by atoms with Crippen LogP contribution in [-0.2, 0) is 9.53 Å². The van der Waals surface area contributed by atoms with Crippen molar-refractivity contribution in [2.45, 2.75) is 44.2 Å². The molecule has 0 amide bonds. The van der Waals surface area contributed by atoms with E-state index in [1.54, 1.807) is 6.08 Å². The van der Waals surface area contributed by atoms with E-state index < -0.39 is 6.67 Å². The number of hydrogen-bond acceptors (Lipinski definition) is 3. The van der Waals surface area contributed by atoms with Crippen molar-refractivity contribution in [1.29, 1.82) is 0 Å². The Labute approximate surface area is 143 Å². The molecule has 4 heteroatoms. The van der Waals surface area contributed by atoms with Gasteiger partial charge in [0, 0.05) is 24.5 Å². The van der Waals surface area contributed by atoms with Crippen molar-refractivity contribution < 1.29 is 13.9 Å². The normalized spacial score (nSPS) is 30.0. The third-order valence-corrected chi connectivity index (χ3v) is 5.62. The molecule has 0 aliphatic carbocycles. The van der Waals surface area contributed by atoms with Crippen LogP contribution in [0.15, 0.2) is 36.4 Å². The Bertz CT molecular complexity index is 598. The molecule has 2 fully saturated rings. The lowest BCUT2D eigenvalue weighted by atomic mass is 9.76. The molecular weight excluding hydrogens is 304 g/mol. The van der Waals surface area contributed by atoms with E-state index in [9.17, 15) is 9.18 Å². The number of halogens is 1. The number of rotatable bonds is 5. The van der Waals surface area contributed by atoms with Gasteiger partial charge in [-0.15, -0.1) is 0 Å². The number of ether oxygens (including phenoxy) is 1. The zero-order chi connectivity index (χ0) is 17.1. The minimum absolute atomic E-state index is 0.120. The smallest absolute Gasteiger partial charge is 0.310 e. The number of methoxy groups -OCH3 is 1. The molecule has 1 aromatic carbocycles. The summed E-state index contributed by atoms with van der Waals surface area (Å²) < 4.78 is 17.5. The summed E-state index contributed by atoms with van der Waals surface area (Å²) in [5.41, 5.74) is 2.46. The summed E-state index contributed by atoms with van der Waals surface area (Å²) >= 11 is 0. The molecule has 2 saturated heterocycles. The number of benzene rings is 1. The minimum atomic E-state index is -0.435. The van der Waals surface area contributed by atoms with Gasteiger partial charge in [0.2, 0.25) is 0 Å². The van der Waals surface area contributed by atoms with Gasteiger partial charge < -0.3 is 4.74 Å². The number of esters is 1. The van der Waals surface area contributed by atoms with Crippen molar-refractivity contribution in [3.8, 4) is 0 Å². The maximum absolute atomic E-state index is 12.6. The van der Waals surface area contributed by atoms with Crippen LogP contribution >= 0.6 is 0 Å². The number of allylic oxidation sites excluding steroid dienone is 1. The first-order chi connectivity index (χ1) is 11.7. The number of fused-ring (bicyclic) bond motifs is 2. The van der Waals surface area contributed by atoms with Gasteiger partial charge in [-0.2, -0.15) is 0 Å². The van der Waals surface area contributed by atoms with Gasteiger partial charge in [0.15, 0.2) is 0 Å². The third kappa shape index (κ3) is 3.25. The van der Waals surface area contributed by atoms with Gasteiger partial charge in [-0.1, -0.05) is 42.0 Å². The van der Waals surface area contributed by atoms with Crippen LogP contribution in [0.5, 0.6) is 0 Å². The second-order valence-electron chi connectivity index (χ2n) is 6.92. The number of nitrogens with zero attached hydrogens (tertiary/aromatic N) is 1. The van der Waals surface area contributed by atoms with E-state index in [4.69, 9.17) is 4.74 Å². The largest absolute Gasteiger partial charge is 0.469 e. The highest BCUT2D eigenvalue weighted by molar-refractivity contribution is 5.75. The van der Waals surface area contributed by atoms with Crippen LogP contribution in [0.3, 0.4) is 0 Å². The second-order valence-corrected chi connectivity index (χ2v) is 6.92. The average molecular weight is 330 g/mol. The molecule has 3 nitrogen and oxygen atoms in total. The van der Waals surface area contributed by atoms with Gasteiger partial charge in [-0.25, -0.2) is 4.39 Å². The Kier molecular flexibility index (Phi) is 5.34. The first-order valence-electron chi connectivity index (χ1n) is 8.76. The zero-order valence-corrected chi connectivity index (χ0v) is 14.5. The van der Waals surface area contributed by atoms with Crippen LogP contribution in [0.1, 0.15) is 36.3 Å². The summed E-state index contributed by atoms with van der Waals surface area (Å²) in [6.07, 6.45) is 6.51. The molecule has 0 saturated carbocycles. The van der Waals surface area contributed by atoms with E-state index >= 15 is 0 Å². The molecule has 1 aromatic rings. The quantitative estimate of drug-likeness (QED) is 0.610. The molecule has 2 aliphatic rings. The summed E-state index contributed by atoms with van der Waals surface area (Å²) in [6.45, 7) is 2.36. The van der Waals surface area contributed by atoms with Crippen molar-refractivity contribution in [1.82, 2.24) is 4.90 Å². The fraction of sp³-hybridized carbons (Fsp3) is 0.550. The molecule has 0 radical (unpaired) electrons. The molecule has 24 heavy (non-hydrogen) atoms. The Morgan fingerprint density at radius 2 is 2.04 bits per heavy atom. The minimum Gasteiger partial charge on any atom is -0.469 e. The number of hydrogen-bond donors (Lipinski definition) is 0. The molecular formula is C20H26FNO2. The molecule has 4 unspecified atom stereocenters. The lowest BCUT2D eigenvalue weighted by Crippen LogP contribution is -2.50. The lowest BCUT2D eigenvalue weighted by molar-refractivity contribution is -0.150. The van der Waals surface area contributed by atoms with Gasteiger partial charge in [0.25, 0.3) is 0 Å². The van der Waals surface area contributed by atoms with Gasteiger partial charge in [0.1, 0.15) is 6.67 Å². The topological polar surface area (TPSA) is 29.5 Å². The summed E-state index contributed by atoms with van der Waals surface area (Å²) in [5.74, 6) is -0.0578.